The third kappa shape index (κ3) is 14.4. The third-order valence-electron chi connectivity index (χ3n) is 6.60. The second kappa shape index (κ2) is 18.3. The summed E-state index contributed by atoms with van der Waals surface area (Å²) >= 11 is 0. The van der Waals surface area contributed by atoms with Gasteiger partial charge >= 0.3 is 11.9 Å². The summed E-state index contributed by atoms with van der Waals surface area (Å²) in [4.78, 5) is 97.4. The predicted molar refractivity (Wildman–Crippen MR) is 150 cm³/mol. The summed E-state index contributed by atoms with van der Waals surface area (Å²) < 4.78 is 0. The van der Waals surface area contributed by atoms with Crippen molar-refractivity contribution in [3.05, 3.63) is 0 Å². The van der Waals surface area contributed by atoms with Crippen molar-refractivity contribution < 1.29 is 48.6 Å². The van der Waals surface area contributed by atoms with Crippen molar-refractivity contribution in [2.24, 2.45) is 17.4 Å². The van der Waals surface area contributed by atoms with Crippen LogP contribution in [0.1, 0.15) is 71.6 Å². The van der Waals surface area contributed by atoms with E-state index in [1.165, 1.54) is 0 Å². The molecule has 0 radical (unpaired) electrons. The molecule has 0 saturated carbocycles. The lowest BCUT2D eigenvalue weighted by molar-refractivity contribution is -0.143. The molecule has 0 aromatic rings. The highest BCUT2D eigenvalue weighted by Crippen LogP contribution is 2.10. The number of carboxylic acids is 2. The van der Waals surface area contributed by atoms with Gasteiger partial charge in [0.15, 0.2) is 0 Å². The highest BCUT2D eigenvalue weighted by Gasteiger charge is 2.33. The second-order valence-electron chi connectivity index (χ2n) is 10.8. The van der Waals surface area contributed by atoms with Crippen molar-refractivity contribution in [3.63, 3.8) is 0 Å². The summed E-state index contributed by atoms with van der Waals surface area (Å²) in [6.45, 7) is 4.16. The van der Waals surface area contributed by atoms with Crippen LogP contribution in [0.3, 0.4) is 0 Å². The van der Waals surface area contributed by atoms with Gasteiger partial charge in [0.25, 0.3) is 0 Å². The number of aliphatic carboxylic acids is 2. The van der Waals surface area contributed by atoms with Gasteiger partial charge in [-0.15, -0.1) is 0 Å². The molecular weight excluding hydrogens is 570 g/mol. The highest BCUT2D eigenvalue weighted by molar-refractivity contribution is 5.96. The monoisotopic (exact) mass is 613 g/mol. The fourth-order valence-electron chi connectivity index (χ4n) is 4.34. The lowest BCUT2D eigenvalue weighted by Crippen LogP contribution is -2.58. The van der Waals surface area contributed by atoms with E-state index in [0.29, 0.717) is 13.0 Å². The number of hydrogen-bond acceptors (Lipinski definition) is 9. The van der Waals surface area contributed by atoms with Gasteiger partial charge in [-0.05, 0) is 51.0 Å². The fourth-order valence-corrected chi connectivity index (χ4v) is 4.34. The number of rotatable bonds is 20. The Kier molecular flexibility index (Phi) is 15.6. The van der Waals surface area contributed by atoms with Crippen LogP contribution in [-0.4, -0.2) is 94.3 Å². The van der Waals surface area contributed by atoms with Gasteiger partial charge in [0.2, 0.25) is 35.4 Å². The molecule has 0 aromatic carbocycles. The van der Waals surface area contributed by atoms with E-state index in [-0.39, 0.29) is 38.0 Å². The van der Waals surface area contributed by atoms with Crippen LogP contribution in [0.25, 0.3) is 0 Å². The molecule has 1 rings (SSSR count). The summed E-state index contributed by atoms with van der Waals surface area (Å²) in [5, 5.41) is 31.0. The topological polar surface area (TPSA) is 289 Å². The van der Waals surface area contributed by atoms with E-state index in [9.17, 15) is 43.5 Å². The van der Waals surface area contributed by atoms with Crippen molar-refractivity contribution in [1.29, 1.82) is 0 Å². The molecule has 0 aliphatic carbocycles. The van der Waals surface area contributed by atoms with Gasteiger partial charge in [-0.1, -0.05) is 13.8 Å². The van der Waals surface area contributed by atoms with E-state index >= 15 is 0 Å². The number of hydrogen-bond donors (Lipinski definition) is 9. The minimum atomic E-state index is -1.59. The molecule has 0 bridgehead atoms. The largest absolute Gasteiger partial charge is 0.481 e. The minimum absolute atomic E-state index is 0.0821. The number of nitrogens with one attached hydrogen (secondary N) is 5. The van der Waals surface area contributed by atoms with E-state index in [1.807, 2.05) is 0 Å². The van der Waals surface area contributed by atoms with E-state index in [0.717, 1.165) is 6.42 Å². The zero-order valence-corrected chi connectivity index (χ0v) is 24.4. The Balaban J connectivity index is 3.12. The number of nitrogens with two attached hydrogens (primary N) is 2. The summed E-state index contributed by atoms with van der Waals surface area (Å²) in [5.74, 6) is -7.51. The van der Waals surface area contributed by atoms with E-state index < -0.39 is 90.4 Å². The average Bonchev–Trinajstić information content (AvgIpc) is 3.45. The first kappa shape index (κ1) is 36.7. The van der Waals surface area contributed by atoms with Gasteiger partial charge < -0.3 is 48.3 Å². The van der Waals surface area contributed by atoms with Crippen LogP contribution < -0.4 is 38.1 Å². The van der Waals surface area contributed by atoms with E-state index in [1.54, 1.807) is 13.8 Å². The zero-order valence-electron chi connectivity index (χ0n) is 24.4. The van der Waals surface area contributed by atoms with Crippen LogP contribution in [0.4, 0.5) is 0 Å². The lowest BCUT2D eigenvalue weighted by Gasteiger charge is -2.27. The van der Waals surface area contributed by atoms with Crippen LogP contribution in [0.5, 0.6) is 0 Å². The van der Waals surface area contributed by atoms with Gasteiger partial charge in [0.1, 0.15) is 24.2 Å². The SMILES string of the molecule is CC(C)C[C@H](NC(=O)[C@H](CCC(N)=O)NC(=O)[C@@H]1CCCN1)C(=O)N[C@@H](CCC(N)=O)C(=O)N[C@@H](CCC(=O)O)C(=O)O. The normalized spacial score (nSPS) is 17.1. The Hall–Kier alpha value is -4.28. The Labute approximate surface area is 248 Å². The first-order chi connectivity index (χ1) is 20.1. The maximum atomic E-state index is 13.3. The summed E-state index contributed by atoms with van der Waals surface area (Å²) in [5.41, 5.74) is 10.4. The molecule has 17 heteroatoms. The molecule has 242 valence electrons. The maximum Gasteiger partial charge on any atom is 0.326 e. The molecule has 1 saturated heterocycles. The molecular formula is C26H43N7O10. The molecule has 1 aliphatic heterocycles. The molecule has 17 nitrogen and oxygen atoms in total. The van der Waals surface area contributed by atoms with Crippen LogP contribution in [0, 0.1) is 5.92 Å². The molecule has 0 aromatic heterocycles. The van der Waals surface area contributed by atoms with Gasteiger partial charge in [0.05, 0.1) is 6.04 Å². The second-order valence-corrected chi connectivity index (χ2v) is 10.8. The standard InChI is InChI=1S/C26H43N7O10/c1-13(2)12-18(33-24(40)16(6-9-20(28)35)30-22(38)14-4-3-11-29-14)25(41)31-15(5-8-19(27)34)23(39)32-17(26(42)43)7-10-21(36)37/h13-18,29H,3-12H2,1-2H3,(H2,27,34)(H2,28,35)(H,30,38)(H,31,41)(H,32,39)(H,33,40)(H,36,37)(H,42,43)/t14-,15-,16-,17-,18-/m0/s1. The lowest BCUT2D eigenvalue weighted by atomic mass is 10.0. The van der Waals surface area contributed by atoms with Crippen LogP contribution in [0.15, 0.2) is 0 Å². The highest BCUT2D eigenvalue weighted by atomic mass is 16.4. The van der Waals surface area contributed by atoms with Gasteiger partial charge in [0, 0.05) is 19.3 Å². The van der Waals surface area contributed by atoms with Crippen molar-refractivity contribution in [1.82, 2.24) is 26.6 Å². The van der Waals surface area contributed by atoms with Crippen molar-refractivity contribution in [3.8, 4) is 0 Å². The predicted octanol–water partition coefficient (Wildman–Crippen LogP) is -2.80. The first-order valence-corrected chi connectivity index (χ1v) is 14.1. The summed E-state index contributed by atoms with van der Waals surface area (Å²) in [6, 6.07) is -6.02. The van der Waals surface area contributed by atoms with Crippen molar-refractivity contribution in [2.75, 3.05) is 6.54 Å². The molecule has 1 aliphatic rings. The fraction of sp³-hybridized carbons (Fsp3) is 0.692. The van der Waals surface area contributed by atoms with Gasteiger partial charge in [-0.2, -0.15) is 0 Å². The maximum absolute atomic E-state index is 13.3. The molecule has 5 atom stereocenters. The summed E-state index contributed by atoms with van der Waals surface area (Å²) in [6.07, 6.45) is -0.609. The van der Waals surface area contributed by atoms with Crippen molar-refractivity contribution >= 4 is 47.4 Å². The van der Waals surface area contributed by atoms with Crippen LogP contribution in [0.2, 0.25) is 0 Å². The van der Waals surface area contributed by atoms with Gasteiger partial charge in [-0.25, -0.2) is 4.79 Å². The minimum Gasteiger partial charge on any atom is -0.481 e. The quantitative estimate of drug-likeness (QED) is 0.0676. The number of primary amides is 2. The smallest absolute Gasteiger partial charge is 0.326 e. The van der Waals surface area contributed by atoms with Crippen LogP contribution >= 0.6 is 0 Å². The number of carbonyl (C=O) groups excluding carboxylic acids is 6. The van der Waals surface area contributed by atoms with Crippen molar-refractivity contribution in [2.45, 2.75) is 102 Å². The molecule has 6 amide bonds. The van der Waals surface area contributed by atoms with E-state index in [4.69, 9.17) is 16.6 Å². The van der Waals surface area contributed by atoms with Gasteiger partial charge in [-0.3, -0.25) is 33.6 Å². The number of carbonyl (C=O) groups is 8. The molecule has 43 heavy (non-hydrogen) atoms. The third-order valence-corrected chi connectivity index (χ3v) is 6.60. The van der Waals surface area contributed by atoms with Crippen LogP contribution in [-0.2, 0) is 38.4 Å². The van der Waals surface area contributed by atoms with E-state index in [2.05, 4.69) is 26.6 Å². The zero-order chi connectivity index (χ0) is 32.7. The first-order valence-electron chi connectivity index (χ1n) is 14.1. The Morgan fingerprint density at radius 2 is 1.19 bits per heavy atom. The molecule has 1 fully saturated rings. The number of carboxylic acid groups (broad SMARTS) is 2. The Bertz CT molecular complexity index is 1050. The molecule has 11 N–H and O–H groups in total. The molecule has 1 heterocycles. The molecule has 0 unspecified atom stereocenters. The summed E-state index contributed by atoms with van der Waals surface area (Å²) in [7, 11) is 0. The number of amides is 6. The molecule has 0 spiro atoms. The Morgan fingerprint density at radius 1 is 0.721 bits per heavy atom. The average molecular weight is 614 g/mol. The Morgan fingerprint density at radius 3 is 1.63 bits per heavy atom.